The van der Waals surface area contributed by atoms with Crippen LogP contribution in [0.3, 0.4) is 0 Å². The third kappa shape index (κ3) is 8.34. The second-order valence-electron chi connectivity index (χ2n) is 8.46. The van der Waals surface area contributed by atoms with E-state index in [4.69, 9.17) is 25.8 Å². The van der Waals surface area contributed by atoms with Crippen molar-refractivity contribution in [2.45, 2.75) is 13.5 Å². The van der Waals surface area contributed by atoms with E-state index < -0.39 is 5.91 Å². The number of ether oxygens (including phenoxy) is 3. The number of hydrogen-bond acceptors (Lipinski definition) is 6. The summed E-state index contributed by atoms with van der Waals surface area (Å²) in [5.41, 5.74) is 5.19. The minimum atomic E-state index is -0.415. The van der Waals surface area contributed by atoms with Crippen LogP contribution < -0.4 is 25.0 Å². The van der Waals surface area contributed by atoms with Gasteiger partial charge < -0.3 is 19.5 Å². The molecule has 2 N–H and O–H groups in total. The number of hydrogen-bond donors (Lipinski definition) is 2. The number of nitrogens with zero attached hydrogens (tertiary/aromatic N) is 1. The van der Waals surface area contributed by atoms with E-state index in [0.29, 0.717) is 52.3 Å². The van der Waals surface area contributed by atoms with Crippen LogP contribution in [-0.4, -0.2) is 31.2 Å². The lowest BCUT2D eigenvalue weighted by molar-refractivity contribution is -0.118. The Morgan fingerprint density at radius 2 is 1.55 bits per heavy atom. The van der Waals surface area contributed by atoms with Crippen molar-refractivity contribution in [3.8, 4) is 17.2 Å². The maximum absolute atomic E-state index is 12.7. The Hall–Kier alpha value is -4.82. The van der Waals surface area contributed by atoms with Gasteiger partial charge in [-0.05, 0) is 66.6 Å². The number of rotatable bonds is 12. The van der Waals surface area contributed by atoms with Crippen molar-refractivity contribution in [1.82, 2.24) is 5.43 Å². The fourth-order valence-electron chi connectivity index (χ4n) is 3.58. The smallest absolute Gasteiger partial charge is 0.271 e. The molecule has 9 heteroatoms. The van der Waals surface area contributed by atoms with Gasteiger partial charge in [0.15, 0.2) is 18.1 Å². The van der Waals surface area contributed by atoms with Crippen molar-refractivity contribution >= 4 is 35.3 Å². The van der Waals surface area contributed by atoms with Gasteiger partial charge in [0, 0.05) is 11.3 Å². The van der Waals surface area contributed by atoms with Gasteiger partial charge in [-0.2, -0.15) is 5.10 Å². The molecular formula is C31H28ClN3O5. The number of anilines is 1. The molecule has 2 amide bonds. The van der Waals surface area contributed by atoms with Crippen molar-refractivity contribution in [2.75, 3.05) is 18.5 Å². The van der Waals surface area contributed by atoms with Gasteiger partial charge in [-0.15, -0.1) is 0 Å². The zero-order valence-electron chi connectivity index (χ0n) is 21.8. The number of carbonyl (C=O) groups is 2. The molecule has 0 saturated carbocycles. The number of amides is 2. The van der Waals surface area contributed by atoms with Crippen LogP contribution in [0, 0.1) is 0 Å². The third-order valence-electron chi connectivity index (χ3n) is 5.49. The molecule has 4 aromatic rings. The van der Waals surface area contributed by atoms with Crippen molar-refractivity contribution in [1.29, 1.82) is 0 Å². The average molecular weight is 558 g/mol. The predicted octanol–water partition coefficient (Wildman–Crippen LogP) is 6.10. The number of carbonyl (C=O) groups excluding carboxylic acids is 2. The first-order valence-corrected chi connectivity index (χ1v) is 12.9. The highest BCUT2D eigenvalue weighted by Gasteiger charge is 2.12. The lowest BCUT2D eigenvalue weighted by Gasteiger charge is -2.13. The number of benzene rings is 4. The molecule has 0 fully saturated rings. The van der Waals surface area contributed by atoms with Crippen molar-refractivity contribution in [2.24, 2.45) is 5.10 Å². The predicted molar refractivity (Wildman–Crippen MR) is 155 cm³/mol. The normalized spacial score (nSPS) is 10.7. The molecular weight excluding hydrogens is 530 g/mol. The summed E-state index contributed by atoms with van der Waals surface area (Å²) in [6, 6.07) is 28.8. The summed E-state index contributed by atoms with van der Waals surface area (Å²) in [4.78, 5) is 24.8. The summed E-state index contributed by atoms with van der Waals surface area (Å²) in [5, 5.41) is 7.06. The first-order chi connectivity index (χ1) is 19.5. The van der Waals surface area contributed by atoms with Crippen LogP contribution in [0.25, 0.3) is 0 Å². The Labute approximate surface area is 237 Å². The lowest BCUT2D eigenvalue weighted by Crippen LogP contribution is -2.20. The van der Waals surface area contributed by atoms with Gasteiger partial charge in [0.25, 0.3) is 11.8 Å². The van der Waals surface area contributed by atoms with Gasteiger partial charge >= 0.3 is 0 Å². The van der Waals surface area contributed by atoms with Gasteiger partial charge in [-0.25, -0.2) is 5.43 Å². The number of para-hydroxylation sites is 1. The molecule has 0 bridgehead atoms. The SMILES string of the molecule is CCOc1cc(C(=O)N/N=C/c2ccc(OCC(=O)Nc3ccccc3)c(Cl)c2)ccc1OCc1ccccc1. The van der Waals surface area contributed by atoms with E-state index in [1.54, 1.807) is 48.5 Å². The van der Waals surface area contributed by atoms with Gasteiger partial charge in [-0.1, -0.05) is 60.1 Å². The first kappa shape index (κ1) is 28.2. The zero-order chi connectivity index (χ0) is 28.2. The highest BCUT2D eigenvalue weighted by atomic mass is 35.5. The lowest BCUT2D eigenvalue weighted by atomic mass is 10.2. The van der Waals surface area contributed by atoms with E-state index in [2.05, 4.69) is 15.8 Å². The van der Waals surface area contributed by atoms with Crippen molar-refractivity contribution in [3.63, 3.8) is 0 Å². The largest absolute Gasteiger partial charge is 0.490 e. The van der Waals surface area contributed by atoms with Crippen LogP contribution in [0.5, 0.6) is 17.2 Å². The highest BCUT2D eigenvalue weighted by molar-refractivity contribution is 6.32. The van der Waals surface area contributed by atoms with E-state index in [9.17, 15) is 9.59 Å². The maximum atomic E-state index is 12.7. The molecule has 0 heterocycles. The summed E-state index contributed by atoms with van der Waals surface area (Å²) in [5.74, 6) is 0.639. The minimum absolute atomic E-state index is 0.197. The van der Waals surface area contributed by atoms with E-state index >= 15 is 0 Å². The molecule has 4 aromatic carbocycles. The number of nitrogens with one attached hydrogen (secondary N) is 2. The van der Waals surface area contributed by atoms with E-state index in [1.807, 2.05) is 55.5 Å². The Morgan fingerprint density at radius 3 is 2.27 bits per heavy atom. The first-order valence-electron chi connectivity index (χ1n) is 12.6. The Bertz CT molecular complexity index is 1460. The van der Waals surface area contributed by atoms with Crippen LogP contribution in [0.1, 0.15) is 28.4 Å². The molecule has 0 aromatic heterocycles. The molecule has 0 spiro atoms. The Kier molecular flexibility index (Phi) is 10.1. The van der Waals surface area contributed by atoms with E-state index in [0.717, 1.165) is 5.56 Å². The standard InChI is InChI=1S/C31H28ClN3O5/c1-2-38-29-18-24(14-16-28(29)39-20-22-9-5-3-6-10-22)31(37)35-33-19-23-13-15-27(26(32)17-23)40-21-30(36)34-25-11-7-4-8-12-25/h3-19H,2,20-21H2,1H3,(H,34,36)(H,35,37)/b33-19+. The molecule has 0 aliphatic rings. The monoisotopic (exact) mass is 557 g/mol. The number of hydrazone groups is 1. The summed E-state index contributed by atoms with van der Waals surface area (Å²) in [6.07, 6.45) is 1.45. The van der Waals surface area contributed by atoms with Crippen molar-refractivity contribution < 1.29 is 23.8 Å². The van der Waals surface area contributed by atoms with Crippen LogP contribution in [-0.2, 0) is 11.4 Å². The summed E-state index contributed by atoms with van der Waals surface area (Å²) in [6.45, 7) is 2.46. The Balaban J connectivity index is 1.30. The molecule has 0 atom stereocenters. The van der Waals surface area contributed by atoms with Crippen LogP contribution >= 0.6 is 11.6 Å². The molecule has 8 nitrogen and oxygen atoms in total. The fraction of sp³-hybridized carbons (Fsp3) is 0.129. The molecule has 4 rings (SSSR count). The number of halogens is 1. The Morgan fingerprint density at radius 1 is 0.825 bits per heavy atom. The van der Waals surface area contributed by atoms with E-state index in [1.165, 1.54) is 6.21 Å². The topological polar surface area (TPSA) is 98.3 Å². The highest BCUT2D eigenvalue weighted by Crippen LogP contribution is 2.29. The summed E-state index contributed by atoms with van der Waals surface area (Å²) < 4.78 is 17.1. The van der Waals surface area contributed by atoms with Gasteiger partial charge in [0.05, 0.1) is 17.8 Å². The maximum Gasteiger partial charge on any atom is 0.271 e. The minimum Gasteiger partial charge on any atom is -0.490 e. The van der Waals surface area contributed by atoms with Crippen LogP contribution in [0.2, 0.25) is 5.02 Å². The van der Waals surface area contributed by atoms with Gasteiger partial charge in [0.2, 0.25) is 0 Å². The average Bonchev–Trinajstić information content (AvgIpc) is 2.97. The third-order valence-corrected chi connectivity index (χ3v) is 5.79. The molecule has 0 aliphatic heterocycles. The molecule has 0 aliphatic carbocycles. The quantitative estimate of drug-likeness (QED) is 0.162. The second kappa shape index (κ2) is 14.4. The fourth-order valence-corrected chi connectivity index (χ4v) is 3.82. The molecule has 0 radical (unpaired) electrons. The summed E-state index contributed by atoms with van der Waals surface area (Å²) >= 11 is 6.31. The molecule has 204 valence electrons. The van der Waals surface area contributed by atoms with Gasteiger partial charge in [0.1, 0.15) is 12.4 Å². The van der Waals surface area contributed by atoms with Crippen LogP contribution in [0.15, 0.2) is 102 Å². The second-order valence-corrected chi connectivity index (χ2v) is 8.87. The molecule has 0 unspecified atom stereocenters. The molecule has 40 heavy (non-hydrogen) atoms. The van der Waals surface area contributed by atoms with Gasteiger partial charge in [-0.3, -0.25) is 9.59 Å². The van der Waals surface area contributed by atoms with E-state index in [-0.39, 0.29) is 12.5 Å². The molecule has 0 saturated heterocycles. The van der Waals surface area contributed by atoms with Crippen molar-refractivity contribution in [3.05, 3.63) is 119 Å². The summed E-state index contributed by atoms with van der Waals surface area (Å²) in [7, 11) is 0. The zero-order valence-corrected chi connectivity index (χ0v) is 22.6. The van der Waals surface area contributed by atoms with Crippen LogP contribution in [0.4, 0.5) is 5.69 Å².